The van der Waals surface area contributed by atoms with Crippen LogP contribution in [0.4, 0.5) is 0 Å². The number of Topliss-reactive ketones (excluding diaryl/α,β-unsaturated/α-hetero) is 1. The Morgan fingerprint density at radius 3 is 1.84 bits per heavy atom. The van der Waals surface area contributed by atoms with Gasteiger partial charge in [-0.2, -0.15) is 0 Å². The number of allylic oxidation sites excluding steroid dienone is 1. The maximum atomic E-state index is 14.8. The van der Waals surface area contributed by atoms with Crippen LogP contribution in [0.3, 0.4) is 0 Å². The molecule has 0 radical (unpaired) electrons. The number of carbonyl (C=O) groups is 1. The molecule has 85 heavy (non-hydrogen) atoms. The van der Waals surface area contributed by atoms with Crippen LogP contribution in [0.15, 0.2) is 11.6 Å². The van der Waals surface area contributed by atoms with Crippen molar-refractivity contribution in [3.63, 3.8) is 0 Å². The van der Waals surface area contributed by atoms with E-state index in [1.54, 1.807) is 13.0 Å². The van der Waals surface area contributed by atoms with E-state index in [1.807, 2.05) is 13.8 Å². The molecule has 0 aromatic heterocycles. The van der Waals surface area contributed by atoms with Crippen LogP contribution in [-0.2, 0) is 52.2 Å². The molecule has 9 aliphatic rings. The summed E-state index contributed by atoms with van der Waals surface area (Å²) in [4.78, 5) is 14.8. The summed E-state index contributed by atoms with van der Waals surface area (Å²) in [6.07, 6.45) is -34.3. The summed E-state index contributed by atoms with van der Waals surface area (Å²) in [5.74, 6) is -1.66. The molecule has 0 unspecified atom stereocenters. The third-order valence-corrected chi connectivity index (χ3v) is 21.7. The molecule has 4 aliphatic carbocycles. The zero-order chi connectivity index (χ0) is 62.4. The molecule has 0 amide bonds. The van der Waals surface area contributed by atoms with E-state index in [4.69, 9.17) is 47.4 Å². The Labute approximate surface area is 494 Å². The average Bonchev–Trinajstić information content (AvgIpc) is 1.67. The maximum Gasteiger partial charge on any atom is 0.187 e. The second-order valence-electron chi connectivity index (χ2n) is 27.6. The van der Waals surface area contributed by atoms with E-state index in [9.17, 15) is 86.5 Å². The highest BCUT2D eigenvalue weighted by molar-refractivity contribution is 5.86. The van der Waals surface area contributed by atoms with E-state index in [2.05, 4.69) is 27.7 Å². The largest absolute Gasteiger partial charge is 0.396 e. The lowest BCUT2D eigenvalue weighted by Crippen LogP contribution is -2.67. The lowest BCUT2D eigenvalue weighted by atomic mass is 9.35. The predicted molar refractivity (Wildman–Crippen MR) is 287 cm³/mol. The minimum Gasteiger partial charge on any atom is -0.396 e. The number of ketones is 1. The van der Waals surface area contributed by atoms with E-state index in [0.29, 0.717) is 38.5 Å². The Kier molecular flexibility index (Phi) is 20.6. The normalized spacial score (nSPS) is 52.1. The number of rotatable bonds is 17. The van der Waals surface area contributed by atoms with Crippen molar-refractivity contribution >= 4 is 5.78 Å². The van der Waals surface area contributed by atoms with Gasteiger partial charge in [0.15, 0.2) is 31.5 Å². The highest BCUT2D eigenvalue weighted by Gasteiger charge is 2.73. The van der Waals surface area contributed by atoms with E-state index in [-0.39, 0.29) is 37.1 Å². The van der Waals surface area contributed by atoms with Crippen molar-refractivity contribution in [3.05, 3.63) is 11.6 Å². The molecular formula is C58H96O27. The summed E-state index contributed by atoms with van der Waals surface area (Å²) in [6, 6.07) is 0. The minimum absolute atomic E-state index is 0.0188. The van der Waals surface area contributed by atoms with Gasteiger partial charge < -0.3 is 129 Å². The molecule has 5 heterocycles. The van der Waals surface area contributed by atoms with Gasteiger partial charge in [-0.3, -0.25) is 4.79 Å². The highest BCUT2D eigenvalue weighted by atomic mass is 16.8. The van der Waals surface area contributed by atoms with Crippen LogP contribution in [0, 0.1) is 45.3 Å². The molecule has 9 fully saturated rings. The van der Waals surface area contributed by atoms with Crippen LogP contribution in [0.5, 0.6) is 0 Å². The molecule has 9 rings (SSSR count). The van der Waals surface area contributed by atoms with Gasteiger partial charge in [-0.1, -0.05) is 39.3 Å². The van der Waals surface area contributed by atoms with Crippen LogP contribution in [0.2, 0.25) is 0 Å². The van der Waals surface area contributed by atoms with Gasteiger partial charge in [-0.25, -0.2) is 0 Å². The summed E-state index contributed by atoms with van der Waals surface area (Å²) in [5.41, 5.74) is -3.58. The van der Waals surface area contributed by atoms with Crippen molar-refractivity contribution < 1.29 is 134 Å². The molecule has 0 aromatic rings. The summed E-state index contributed by atoms with van der Waals surface area (Å²) in [7, 11) is 0. The van der Waals surface area contributed by atoms with Crippen molar-refractivity contribution in [2.45, 2.75) is 266 Å². The fraction of sp³-hybridized carbons (Fsp3) is 0.948. The molecule has 27 nitrogen and oxygen atoms in total. The highest BCUT2D eigenvalue weighted by Crippen LogP contribution is 2.75. The van der Waals surface area contributed by atoms with Gasteiger partial charge >= 0.3 is 0 Å². The average molecular weight is 1230 g/mol. The third-order valence-electron chi connectivity index (χ3n) is 21.7. The van der Waals surface area contributed by atoms with Gasteiger partial charge in [0.2, 0.25) is 0 Å². The molecule has 490 valence electrons. The molecular weight excluding hydrogens is 1130 g/mol. The Morgan fingerprint density at radius 2 is 1.19 bits per heavy atom. The molecule has 33 atom stereocenters. The fourth-order valence-corrected chi connectivity index (χ4v) is 17.2. The van der Waals surface area contributed by atoms with Crippen molar-refractivity contribution in [3.8, 4) is 0 Å². The van der Waals surface area contributed by atoms with Gasteiger partial charge in [-0.15, -0.1) is 0 Å². The van der Waals surface area contributed by atoms with Gasteiger partial charge in [-0.05, 0) is 100 Å². The molecule has 5 aliphatic heterocycles. The van der Waals surface area contributed by atoms with Crippen molar-refractivity contribution in [2.24, 2.45) is 45.3 Å². The molecule has 16 N–H and O–H groups in total. The van der Waals surface area contributed by atoms with E-state index < -0.39 is 219 Å². The number of aliphatic hydroxyl groups is 16. The van der Waals surface area contributed by atoms with Crippen LogP contribution in [0.1, 0.15) is 107 Å². The quantitative estimate of drug-likeness (QED) is 0.0489. The molecule has 0 spiro atoms. The van der Waals surface area contributed by atoms with Gasteiger partial charge in [0.25, 0.3) is 0 Å². The first-order valence-corrected chi connectivity index (χ1v) is 30.2. The Hall–Kier alpha value is -1.63. The molecule has 4 saturated carbocycles. The van der Waals surface area contributed by atoms with Crippen LogP contribution in [-0.4, -0.2) is 280 Å². The molecule has 0 bridgehead atoms. The van der Waals surface area contributed by atoms with Crippen molar-refractivity contribution in [1.82, 2.24) is 0 Å². The summed E-state index contributed by atoms with van der Waals surface area (Å²) >= 11 is 0. The zero-order valence-corrected chi connectivity index (χ0v) is 49.7. The van der Waals surface area contributed by atoms with Gasteiger partial charge in [0.1, 0.15) is 110 Å². The summed E-state index contributed by atoms with van der Waals surface area (Å²) in [5, 5.41) is 175. The lowest BCUT2D eigenvalue weighted by Gasteiger charge is -2.70. The molecule has 0 aromatic carbocycles. The first-order valence-electron chi connectivity index (χ1n) is 30.2. The van der Waals surface area contributed by atoms with Gasteiger partial charge in [0.05, 0.1) is 50.3 Å². The van der Waals surface area contributed by atoms with Crippen LogP contribution >= 0.6 is 0 Å². The number of hydrogen-bond donors (Lipinski definition) is 16. The Morgan fingerprint density at radius 1 is 0.612 bits per heavy atom. The first-order chi connectivity index (χ1) is 39.8. The number of hydrogen-bond acceptors (Lipinski definition) is 27. The van der Waals surface area contributed by atoms with E-state index in [1.165, 1.54) is 6.92 Å². The summed E-state index contributed by atoms with van der Waals surface area (Å²) in [6.45, 7) is 12.5. The number of ether oxygens (including phenoxy) is 10. The first kappa shape index (κ1) is 67.8. The monoisotopic (exact) mass is 1220 g/mol. The van der Waals surface area contributed by atoms with E-state index >= 15 is 0 Å². The van der Waals surface area contributed by atoms with Crippen LogP contribution in [0.25, 0.3) is 0 Å². The van der Waals surface area contributed by atoms with Crippen molar-refractivity contribution in [1.29, 1.82) is 0 Å². The fourth-order valence-electron chi connectivity index (χ4n) is 17.2. The van der Waals surface area contributed by atoms with Gasteiger partial charge in [0, 0.05) is 30.8 Å². The minimum atomic E-state index is -1.93. The standard InChI is InChI=1S/C58H96O27/c1-23(2)15-25(79-51-45(74)41(70)38(67)30(18-59)80-51)16-57(8,75)35-26-9-10-33-55(6)13-12-34(54(4,5)32(55)11-14-56(33,7)58(26,22-61)17-27(35)62)82-52-48(85-50-44(73)40(69)36(65)24(3)78-50)46(29(64)21-77-52)83-53-47(42(71)39(68)31(19-60)81-53)84-49-43(72)37(66)28(63)20-76-49/h15,24-26,28-53,59-61,63-75H,9-14,16-22H2,1-8H3/t24-,25+,26-,28-,29+,30-,31-,32+,33-,34+,35-,36+,37+,38-,39-,40+,41+,42+,43-,44-,45-,46+,47-,48-,49+,50-,51-,52+,53+,55+,56-,57+,58+/m1/s1. The number of aliphatic hydroxyl groups excluding tert-OH is 15. The molecule has 5 saturated heterocycles. The lowest BCUT2D eigenvalue weighted by molar-refractivity contribution is -0.398. The Bertz CT molecular complexity index is 2290. The number of fused-ring (bicyclic) bond motifs is 5. The summed E-state index contributed by atoms with van der Waals surface area (Å²) < 4.78 is 61.2. The van der Waals surface area contributed by atoms with Crippen molar-refractivity contribution in [2.75, 3.05) is 33.0 Å². The molecule has 27 heteroatoms. The SMILES string of the molecule is CC(C)=C[C@@H](C[C@](C)(O)[C@H]1C(=O)C[C@]2(CO)[C@@H]1CC[C@@H]1[C@@]3(C)CC[C@H](O[C@@H]4OC[C@H](O)[C@H](O[C@@H]5O[C@H](CO)[C@@H](O)[C@H](O)[C@H]5O[C@@H]5OC[C@@H](O)[C@H](O)[C@H]5O)[C@H]4O[C@H]4O[C@H](C)[C@H](O)[C@H](O)[C@H]4O)C(C)(C)[C@@H]3CC[C@]12C)O[C@@H]1O[C@H](CO)[C@@H](O)[C@H](O)[C@H]1O. The number of carbonyl (C=O) groups excluding carboxylic acids is 1. The predicted octanol–water partition coefficient (Wildman–Crippen LogP) is -3.92. The zero-order valence-electron chi connectivity index (χ0n) is 49.7. The van der Waals surface area contributed by atoms with E-state index in [0.717, 1.165) is 5.57 Å². The smallest absolute Gasteiger partial charge is 0.187 e. The van der Waals surface area contributed by atoms with Crippen LogP contribution < -0.4 is 0 Å². The second kappa shape index (κ2) is 25.8. The topological polar surface area (TPSA) is 433 Å². The second-order valence-corrected chi connectivity index (χ2v) is 27.6. The third kappa shape index (κ3) is 12.1. The maximum absolute atomic E-state index is 14.8. The Balaban J connectivity index is 0.960.